The molecule has 0 saturated carbocycles. The van der Waals surface area contributed by atoms with Gasteiger partial charge in [0.1, 0.15) is 9.86 Å². The normalized spacial score (nSPS) is 15.2. The van der Waals surface area contributed by atoms with Crippen molar-refractivity contribution in [2.75, 3.05) is 0 Å². The first-order valence-corrected chi connectivity index (χ1v) is 6.97. The average molecular weight is 275 g/mol. The summed E-state index contributed by atoms with van der Waals surface area (Å²) in [6.07, 6.45) is -0.382. The largest absolute Gasteiger partial charge is 0.392 e. The van der Waals surface area contributed by atoms with E-state index in [1.54, 1.807) is 6.92 Å². The van der Waals surface area contributed by atoms with E-state index in [0.29, 0.717) is 0 Å². The number of aromatic nitrogens is 2. The molecule has 2 unspecified atom stereocenters. The van der Waals surface area contributed by atoms with Crippen LogP contribution in [0.4, 0.5) is 0 Å². The van der Waals surface area contributed by atoms with Gasteiger partial charge in [-0.1, -0.05) is 18.7 Å². The van der Waals surface area contributed by atoms with E-state index < -0.39 is 0 Å². The Hall–Kier alpha value is -0.360. The molecule has 0 radical (unpaired) electrons. The summed E-state index contributed by atoms with van der Waals surface area (Å²) >= 11 is 8.91. The Kier molecular flexibility index (Phi) is 3.69. The molecule has 86 valence electrons. The minimum Gasteiger partial charge on any atom is -0.392 e. The van der Waals surface area contributed by atoms with Gasteiger partial charge in [0.15, 0.2) is 0 Å². The number of aliphatic hydroxyl groups excluding tert-OH is 1. The molecule has 0 bridgehead atoms. The molecule has 3 nitrogen and oxygen atoms in total. The third-order valence-electron chi connectivity index (χ3n) is 2.24. The molecule has 0 spiro atoms. The zero-order valence-corrected chi connectivity index (χ0v) is 11.2. The van der Waals surface area contributed by atoms with E-state index in [9.17, 15) is 5.11 Å². The van der Waals surface area contributed by atoms with Gasteiger partial charge in [0.05, 0.1) is 6.10 Å². The number of thioether (sulfide) groups is 1. The van der Waals surface area contributed by atoms with Crippen LogP contribution in [0.25, 0.3) is 10.2 Å². The first kappa shape index (κ1) is 12.1. The molecule has 2 atom stereocenters. The molecule has 0 fully saturated rings. The Morgan fingerprint density at radius 2 is 2.19 bits per heavy atom. The van der Waals surface area contributed by atoms with Crippen LogP contribution in [0.5, 0.6) is 0 Å². The highest BCUT2D eigenvalue weighted by Gasteiger charge is 2.15. The lowest BCUT2D eigenvalue weighted by molar-refractivity contribution is 0.196. The third kappa shape index (κ3) is 2.48. The fraction of sp³-hybridized carbons (Fsp3) is 0.400. The molecule has 1 N–H and O–H groups in total. The molecule has 16 heavy (non-hydrogen) atoms. The van der Waals surface area contributed by atoms with Gasteiger partial charge in [-0.2, -0.15) is 0 Å². The highest BCUT2D eigenvalue weighted by Crippen LogP contribution is 2.32. The van der Waals surface area contributed by atoms with Gasteiger partial charge >= 0.3 is 0 Å². The zero-order valence-electron chi connectivity index (χ0n) is 8.85. The molecule has 0 aliphatic rings. The third-order valence-corrected chi connectivity index (χ3v) is 4.52. The predicted molar refractivity (Wildman–Crippen MR) is 69.4 cm³/mol. The van der Waals surface area contributed by atoms with Gasteiger partial charge in [-0.05, 0) is 30.0 Å². The fourth-order valence-electron chi connectivity index (χ4n) is 1.17. The minimum absolute atomic E-state index is 0.0778. The molecular formula is C10H11ClN2OS2. The highest BCUT2D eigenvalue weighted by molar-refractivity contribution is 8.00. The van der Waals surface area contributed by atoms with E-state index in [-0.39, 0.29) is 16.6 Å². The number of nitrogens with zero attached hydrogens (tertiary/aromatic N) is 2. The number of aliphatic hydroxyl groups is 1. The molecule has 0 aromatic carbocycles. The summed E-state index contributed by atoms with van der Waals surface area (Å²) in [5.41, 5.74) is 0. The molecule has 2 heterocycles. The van der Waals surface area contributed by atoms with Crippen LogP contribution >= 0.6 is 34.7 Å². The monoisotopic (exact) mass is 274 g/mol. The maximum absolute atomic E-state index is 9.48. The van der Waals surface area contributed by atoms with Crippen molar-refractivity contribution >= 4 is 44.9 Å². The number of halogens is 1. The van der Waals surface area contributed by atoms with Crippen molar-refractivity contribution in [3.63, 3.8) is 0 Å². The quantitative estimate of drug-likeness (QED) is 0.530. The van der Waals surface area contributed by atoms with Gasteiger partial charge in [0, 0.05) is 10.6 Å². The second kappa shape index (κ2) is 4.87. The van der Waals surface area contributed by atoms with Crippen LogP contribution in [-0.4, -0.2) is 26.4 Å². The molecule has 0 aliphatic heterocycles. The van der Waals surface area contributed by atoms with Crippen molar-refractivity contribution in [3.05, 3.63) is 16.7 Å². The van der Waals surface area contributed by atoms with E-state index in [2.05, 4.69) is 9.97 Å². The second-order valence-electron chi connectivity index (χ2n) is 3.50. The number of hydrogen-bond acceptors (Lipinski definition) is 5. The Morgan fingerprint density at radius 1 is 1.44 bits per heavy atom. The number of hydrogen-bond donors (Lipinski definition) is 1. The molecule has 2 aromatic rings. The summed E-state index contributed by atoms with van der Waals surface area (Å²) in [5, 5.41) is 13.6. The van der Waals surface area contributed by atoms with Crippen LogP contribution in [0.2, 0.25) is 5.28 Å². The molecule has 0 amide bonds. The Balaban J connectivity index is 2.39. The van der Waals surface area contributed by atoms with Crippen molar-refractivity contribution in [2.45, 2.75) is 30.2 Å². The number of thiophene rings is 1. The van der Waals surface area contributed by atoms with Crippen molar-refractivity contribution in [1.82, 2.24) is 9.97 Å². The second-order valence-corrected chi connectivity index (χ2v) is 6.10. The van der Waals surface area contributed by atoms with Crippen LogP contribution in [0, 0.1) is 0 Å². The lowest BCUT2D eigenvalue weighted by Crippen LogP contribution is -2.15. The summed E-state index contributed by atoms with van der Waals surface area (Å²) in [4.78, 5) is 9.24. The lowest BCUT2D eigenvalue weighted by Gasteiger charge is -2.13. The molecule has 6 heteroatoms. The van der Waals surface area contributed by atoms with Gasteiger partial charge in [0.2, 0.25) is 5.28 Å². The number of rotatable bonds is 3. The standard InChI is InChI=1S/C10H11ClN2OS2/c1-5(14)6(2)16-9-7-3-4-15-8(7)12-10(11)13-9/h3-6,14H,1-2H3. The minimum atomic E-state index is -0.382. The van der Waals surface area contributed by atoms with E-state index in [4.69, 9.17) is 11.6 Å². The SMILES string of the molecule is CC(O)C(C)Sc1nc(Cl)nc2sccc12. The van der Waals surface area contributed by atoms with Crippen LogP contribution in [-0.2, 0) is 0 Å². The van der Waals surface area contributed by atoms with Gasteiger partial charge in [-0.3, -0.25) is 0 Å². The molecular weight excluding hydrogens is 264 g/mol. The van der Waals surface area contributed by atoms with Crippen molar-refractivity contribution in [1.29, 1.82) is 0 Å². The maximum Gasteiger partial charge on any atom is 0.224 e. The summed E-state index contributed by atoms with van der Waals surface area (Å²) in [5.74, 6) is 0. The lowest BCUT2D eigenvalue weighted by atomic mass is 10.3. The average Bonchev–Trinajstić information content (AvgIpc) is 2.65. The first-order valence-electron chi connectivity index (χ1n) is 4.83. The summed E-state index contributed by atoms with van der Waals surface area (Å²) in [6, 6.07) is 1.98. The molecule has 2 aromatic heterocycles. The Labute approximate surface area is 107 Å². The van der Waals surface area contributed by atoms with Crippen molar-refractivity contribution in [2.24, 2.45) is 0 Å². The van der Waals surface area contributed by atoms with E-state index in [0.717, 1.165) is 15.2 Å². The van der Waals surface area contributed by atoms with Crippen LogP contribution in [0.15, 0.2) is 16.5 Å². The first-order chi connectivity index (χ1) is 7.58. The predicted octanol–water partition coefficient (Wildman–Crippen LogP) is 3.21. The van der Waals surface area contributed by atoms with E-state index in [1.165, 1.54) is 23.1 Å². The smallest absolute Gasteiger partial charge is 0.224 e. The molecule has 0 saturated heterocycles. The Morgan fingerprint density at radius 3 is 2.88 bits per heavy atom. The van der Waals surface area contributed by atoms with Gasteiger partial charge in [0.25, 0.3) is 0 Å². The zero-order chi connectivity index (χ0) is 11.7. The van der Waals surface area contributed by atoms with E-state index in [1.807, 2.05) is 18.4 Å². The van der Waals surface area contributed by atoms with Crippen molar-refractivity contribution in [3.8, 4) is 0 Å². The highest BCUT2D eigenvalue weighted by atomic mass is 35.5. The fourth-order valence-corrected chi connectivity index (χ4v) is 3.25. The van der Waals surface area contributed by atoms with Crippen molar-refractivity contribution < 1.29 is 5.11 Å². The van der Waals surface area contributed by atoms with Crippen LogP contribution < -0.4 is 0 Å². The maximum atomic E-state index is 9.48. The van der Waals surface area contributed by atoms with E-state index >= 15 is 0 Å². The van der Waals surface area contributed by atoms with Gasteiger partial charge in [-0.25, -0.2) is 9.97 Å². The summed E-state index contributed by atoms with van der Waals surface area (Å²) in [7, 11) is 0. The molecule has 0 aliphatic carbocycles. The summed E-state index contributed by atoms with van der Waals surface area (Å²) in [6.45, 7) is 3.73. The van der Waals surface area contributed by atoms with Gasteiger partial charge < -0.3 is 5.11 Å². The van der Waals surface area contributed by atoms with Crippen LogP contribution in [0.3, 0.4) is 0 Å². The van der Waals surface area contributed by atoms with Gasteiger partial charge in [-0.15, -0.1) is 11.3 Å². The Bertz CT molecular complexity index is 501. The molecule has 2 rings (SSSR count). The summed E-state index contributed by atoms with van der Waals surface area (Å²) < 4.78 is 0. The topological polar surface area (TPSA) is 46.0 Å². The number of fused-ring (bicyclic) bond motifs is 1. The van der Waals surface area contributed by atoms with Crippen LogP contribution in [0.1, 0.15) is 13.8 Å².